The second-order valence-electron chi connectivity index (χ2n) is 15.3. The van der Waals surface area contributed by atoms with Crippen molar-refractivity contribution >= 4 is 40.0 Å². The summed E-state index contributed by atoms with van der Waals surface area (Å²) in [6.45, 7) is 9.78. The van der Waals surface area contributed by atoms with E-state index in [4.69, 9.17) is 19.4 Å². The summed E-state index contributed by atoms with van der Waals surface area (Å²) in [5.74, 6) is -0.825. The number of benzene rings is 1. The van der Waals surface area contributed by atoms with Crippen LogP contribution in [0.15, 0.2) is 41.9 Å². The van der Waals surface area contributed by atoms with E-state index in [-0.39, 0.29) is 42.8 Å². The SMILES string of the molecule is CCn1c(-c2cccnc2[C@H](C)OC)c2c3cc(ccc31)-c1csc(n1)C[C@H](NC(=O)C1CCCC1)C(=O)N1CCC[C@H](N1)C(=O)OCC(C)(C)C2. The van der Waals surface area contributed by atoms with Crippen LogP contribution in [0.25, 0.3) is 33.4 Å². The Balaban J connectivity index is 1.35. The summed E-state index contributed by atoms with van der Waals surface area (Å²) < 4.78 is 14.2. The lowest BCUT2D eigenvalue weighted by Crippen LogP contribution is -2.60. The van der Waals surface area contributed by atoms with Crippen molar-refractivity contribution in [2.75, 3.05) is 20.3 Å². The van der Waals surface area contributed by atoms with Crippen LogP contribution in [0, 0.1) is 11.3 Å². The molecule has 3 atom stereocenters. The zero-order valence-corrected chi connectivity index (χ0v) is 31.7. The number of hydrogen-bond acceptors (Lipinski definition) is 9. The normalized spacial score (nSPS) is 21.9. The third-order valence-corrected chi connectivity index (χ3v) is 11.8. The van der Waals surface area contributed by atoms with E-state index in [1.807, 2.05) is 24.6 Å². The van der Waals surface area contributed by atoms with Gasteiger partial charge in [0.15, 0.2) is 0 Å². The monoisotopic (exact) mass is 726 g/mol. The third kappa shape index (κ3) is 7.25. The van der Waals surface area contributed by atoms with Crippen LogP contribution in [0.3, 0.4) is 0 Å². The molecule has 11 nitrogen and oxygen atoms in total. The number of nitrogens with zero attached hydrogens (tertiary/aromatic N) is 4. The first-order valence-corrected chi connectivity index (χ1v) is 19.6. The average molecular weight is 727 g/mol. The van der Waals surface area contributed by atoms with Gasteiger partial charge in [-0.25, -0.2) is 10.4 Å². The number of methoxy groups -OCH3 is 1. The lowest BCUT2D eigenvalue weighted by Gasteiger charge is -2.35. The summed E-state index contributed by atoms with van der Waals surface area (Å²) in [5, 5.41) is 8.49. The van der Waals surface area contributed by atoms with E-state index in [0.717, 1.165) is 81.9 Å². The number of ether oxygens (including phenoxy) is 2. The summed E-state index contributed by atoms with van der Waals surface area (Å²) >= 11 is 1.49. The number of fused-ring (bicyclic) bond motifs is 6. The molecule has 1 saturated heterocycles. The minimum atomic E-state index is -0.814. The highest BCUT2D eigenvalue weighted by atomic mass is 32.1. The van der Waals surface area contributed by atoms with Crippen molar-refractivity contribution in [2.45, 2.75) is 104 Å². The van der Waals surface area contributed by atoms with Crippen LogP contribution in [0.2, 0.25) is 0 Å². The Hall–Kier alpha value is -4.13. The number of hydrazine groups is 1. The number of carbonyl (C=O) groups excluding carboxylic acids is 3. The van der Waals surface area contributed by atoms with Gasteiger partial charge in [0.25, 0.3) is 5.91 Å². The number of cyclic esters (lactones) is 1. The fourth-order valence-electron chi connectivity index (χ4n) is 8.04. The fourth-order valence-corrected chi connectivity index (χ4v) is 8.89. The number of hydrogen-bond donors (Lipinski definition) is 2. The molecule has 0 spiro atoms. The van der Waals surface area contributed by atoms with E-state index in [2.05, 4.69) is 60.3 Å². The number of carbonyl (C=O) groups is 3. The molecule has 1 saturated carbocycles. The van der Waals surface area contributed by atoms with Crippen LogP contribution in [-0.4, -0.2) is 69.7 Å². The molecule has 12 heteroatoms. The van der Waals surface area contributed by atoms with Gasteiger partial charge in [0.05, 0.1) is 34.8 Å². The summed E-state index contributed by atoms with van der Waals surface area (Å²) in [5.41, 5.74) is 9.72. The molecule has 2 fully saturated rings. The highest BCUT2D eigenvalue weighted by Crippen LogP contribution is 2.42. The number of nitrogens with one attached hydrogen (secondary N) is 2. The molecule has 2 N–H and O–H groups in total. The van der Waals surface area contributed by atoms with Crippen molar-refractivity contribution in [1.29, 1.82) is 0 Å². The Labute approximate surface area is 309 Å². The molecule has 3 aromatic heterocycles. The van der Waals surface area contributed by atoms with Gasteiger partial charge in [-0.15, -0.1) is 11.3 Å². The second kappa shape index (κ2) is 15.1. The maximum Gasteiger partial charge on any atom is 0.324 e. The molecule has 3 aliphatic rings. The van der Waals surface area contributed by atoms with E-state index in [1.165, 1.54) is 16.3 Å². The van der Waals surface area contributed by atoms with E-state index >= 15 is 0 Å². The highest BCUT2D eigenvalue weighted by Gasteiger charge is 2.36. The molecule has 1 aliphatic carbocycles. The summed E-state index contributed by atoms with van der Waals surface area (Å²) in [6.07, 6.45) is 7.38. The van der Waals surface area contributed by atoms with E-state index < -0.39 is 17.5 Å². The van der Waals surface area contributed by atoms with Gasteiger partial charge < -0.3 is 19.4 Å². The van der Waals surface area contributed by atoms with Crippen molar-refractivity contribution in [3.05, 3.63) is 58.2 Å². The Morgan fingerprint density at radius 3 is 2.75 bits per heavy atom. The molecule has 0 radical (unpaired) electrons. The number of rotatable bonds is 6. The standard InChI is InChI=1S/C40H50N6O5S/c1-6-45-33-16-15-26-19-28(33)29(36(45)27-13-9-17-41-35(27)24(2)50-5)21-40(3,4)23-51-39(49)30-14-10-18-46(44-30)38(48)31(20-34-42-32(26)22-52-34)43-37(47)25-11-7-8-12-25/h9,13,15-17,19,22,24-25,30-31,44H,6-8,10-12,14,18,20-21,23H2,1-5H3,(H,43,47)/t24-,30-,31-/m0/s1. The highest BCUT2D eigenvalue weighted by molar-refractivity contribution is 7.10. The van der Waals surface area contributed by atoms with Gasteiger partial charge in [-0.3, -0.25) is 24.4 Å². The number of aryl methyl sites for hydroxylation is 1. The molecule has 1 aromatic carbocycles. The Kier molecular flexibility index (Phi) is 10.5. The Morgan fingerprint density at radius 2 is 1.98 bits per heavy atom. The smallest absolute Gasteiger partial charge is 0.324 e. The van der Waals surface area contributed by atoms with Crippen LogP contribution in [-0.2, 0) is 43.2 Å². The topological polar surface area (TPSA) is 128 Å². The molecule has 6 bridgehead atoms. The number of esters is 1. The molecule has 7 rings (SSSR count). The van der Waals surface area contributed by atoms with Crippen LogP contribution >= 0.6 is 11.3 Å². The molecule has 276 valence electrons. The zero-order chi connectivity index (χ0) is 36.6. The number of thiazole rings is 1. The first-order chi connectivity index (χ1) is 25.1. The Morgan fingerprint density at radius 1 is 1.17 bits per heavy atom. The maximum absolute atomic E-state index is 14.1. The summed E-state index contributed by atoms with van der Waals surface area (Å²) in [7, 11) is 1.70. The average Bonchev–Trinajstić information content (AvgIpc) is 3.93. The fraction of sp³-hybridized carbons (Fsp3) is 0.525. The minimum Gasteiger partial charge on any atom is -0.464 e. The quantitative estimate of drug-likeness (QED) is 0.219. The first-order valence-electron chi connectivity index (χ1n) is 18.7. The van der Waals surface area contributed by atoms with Crippen molar-refractivity contribution < 1.29 is 23.9 Å². The predicted molar refractivity (Wildman–Crippen MR) is 201 cm³/mol. The molecule has 4 aromatic rings. The number of aromatic nitrogens is 3. The third-order valence-electron chi connectivity index (χ3n) is 10.9. The van der Waals surface area contributed by atoms with Crippen LogP contribution in [0.5, 0.6) is 0 Å². The molecular formula is C40H50N6O5S. The lowest BCUT2D eigenvalue weighted by molar-refractivity contribution is -0.155. The molecular weight excluding hydrogens is 677 g/mol. The van der Waals surface area contributed by atoms with Gasteiger partial charge in [0.2, 0.25) is 5.91 Å². The van der Waals surface area contributed by atoms with Gasteiger partial charge in [0.1, 0.15) is 12.1 Å². The predicted octanol–water partition coefficient (Wildman–Crippen LogP) is 6.39. The summed E-state index contributed by atoms with van der Waals surface area (Å²) in [4.78, 5) is 50.9. The lowest BCUT2D eigenvalue weighted by atomic mass is 9.84. The van der Waals surface area contributed by atoms with Crippen LogP contribution in [0.1, 0.15) is 88.6 Å². The zero-order valence-electron chi connectivity index (χ0n) is 30.9. The van der Waals surface area contributed by atoms with Gasteiger partial charge in [-0.2, -0.15) is 0 Å². The molecule has 52 heavy (non-hydrogen) atoms. The molecule has 2 aliphatic heterocycles. The largest absolute Gasteiger partial charge is 0.464 e. The van der Waals surface area contributed by atoms with Gasteiger partial charge in [0, 0.05) is 71.6 Å². The molecule has 5 heterocycles. The van der Waals surface area contributed by atoms with E-state index in [1.54, 1.807) is 7.11 Å². The summed E-state index contributed by atoms with van der Waals surface area (Å²) in [6, 6.07) is 9.09. The van der Waals surface area contributed by atoms with Crippen molar-refractivity contribution in [3.63, 3.8) is 0 Å². The van der Waals surface area contributed by atoms with Crippen LogP contribution in [0.4, 0.5) is 0 Å². The van der Waals surface area contributed by atoms with Crippen molar-refractivity contribution in [2.24, 2.45) is 11.3 Å². The number of pyridine rings is 1. The molecule has 0 unspecified atom stereocenters. The van der Waals surface area contributed by atoms with E-state index in [0.29, 0.717) is 25.8 Å². The first kappa shape index (κ1) is 36.2. The van der Waals surface area contributed by atoms with Gasteiger partial charge in [-0.1, -0.05) is 32.8 Å². The van der Waals surface area contributed by atoms with Crippen molar-refractivity contribution in [1.82, 2.24) is 30.3 Å². The Bertz CT molecular complexity index is 1960. The van der Waals surface area contributed by atoms with Gasteiger partial charge >= 0.3 is 5.97 Å². The molecule has 2 amide bonds. The maximum atomic E-state index is 14.1. The number of amides is 2. The van der Waals surface area contributed by atoms with Gasteiger partial charge in [-0.05, 0) is 75.8 Å². The van der Waals surface area contributed by atoms with Crippen molar-refractivity contribution in [3.8, 4) is 22.5 Å². The van der Waals surface area contributed by atoms with E-state index in [9.17, 15) is 14.4 Å². The van der Waals surface area contributed by atoms with Crippen LogP contribution < -0.4 is 10.7 Å². The minimum absolute atomic E-state index is 0.0872. The second-order valence-corrected chi connectivity index (χ2v) is 16.2.